The van der Waals surface area contributed by atoms with Gasteiger partial charge in [0.1, 0.15) is 0 Å². The Kier molecular flexibility index (Phi) is 7.22. The van der Waals surface area contributed by atoms with Gasteiger partial charge in [-0.1, -0.05) is 37.3 Å². The van der Waals surface area contributed by atoms with Crippen LogP contribution >= 0.6 is 0 Å². The lowest BCUT2D eigenvalue weighted by molar-refractivity contribution is -0.134. The van der Waals surface area contributed by atoms with Crippen molar-refractivity contribution >= 4 is 23.4 Å². The molecule has 1 aliphatic rings. The van der Waals surface area contributed by atoms with Gasteiger partial charge < -0.3 is 15.5 Å². The molecule has 0 bridgehead atoms. The van der Waals surface area contributed by atoms with Gasteiger partial charge in [-0.2, -0.15) is 0 Å². The third kappa shape index (κ3) is 5.47. The zero-order valence-electron chi connectivity index (χ0n) is 17.6. The maximum absolute atomic E-state index is 13.0. The highest BCUT2D eigenvalue weighted by atomic mass is 16.2. The molecule has 1 heterocycles. The van der Waals surface area contributed by atoms with Gasteiger partial charge in [-0.05, 0) is 49.1 Å². The van der Waals surface area contributed by atoms with Crippen LogP contribution < -0.4 is 10.6 Å². The van der Waals surface area contributed by atoms with Crippen molar-refractivity contribution in [2.24, 2.45) is 0 Å². The molecule has 6 heteroatoms. The molecule has 2 N–H and O–H groups in total. The van der Waals surface area contributed by atoms with Crippen LogP contribution in [0.4, 0.5) is 5.69 Å². The summed E-state index contributed by atoms with van der Waals surface area (Å²) >= 11 is 0. The fourth-order valence-corrected chi connectivity index (χ4v) is 3.88. The smallest absolute Gasteiger partial charge is 0.251 e. The van der Waals surface area contributed by atoms with Gasteiger partial charge >= 0.3 is 0 Å². The van der Waals surface area contributed by atoms with E-state index >= 15 is 0 Å². The quantitative estimate of drug-likeness (QED) is 0.769. The molecule has 0 spiro atoms. The molecule has 1 fully saturated rings. The molecule has 0 radical (unpaired) electrons. The topological polar surface area (TPSA) is 78.5 Å². The molecule has 30 heavy (non-hydrogen) atoms. The first-order valence-electron chi connectivity index (χ1n) is 10.5. The molecule has 0 aromatic heterocycles. The van der Waals surface area contributed by atoms with Crippen LogP contribution in [-0.4, -0.2) is 41.8 Å². The van der Waals surface area contributed by atoms with E-state index < -0.39 is 0 Å². The molecule has 1 saturated heterocycles. The summed E-state index contributed by atoms with van der Waals surface area (Å²) in [6.07, 6.45) is 2.26. The Morgan fingerprint density at radius 2 is 1.63 bits per heavy atom. The average molecular weight is 408 g/mol. The van der Waals surface area contributed by atoms with Crippen molar-refractivity contribution in [3.63, 3.8) is 0 Å². The summed E-state index contributed by atoms with van der Waals surface area (Å²) in [5.74, 6) is -0.225. The summed E-state index contributed by atoms with van der Waals surface area (Å²) in [6.45, 7) is 4.78. The van der Waals surface area contributed by atoms with E-state index in [1.165, 1.54) is 6.92 Å². The van der Waals surface area contributed by atoms with Crippen molar-refractivity contribution < 1.29 is 14.4 Å². The molecule has 3 amide bonds. The normalized spacial score (nSPS) is 15.3. The SMILES string of the molecule is CC[C@@H](C(=O)N1CCC(NC(=O)c2ccc(NC(C)=O)cc2)CC1)c1ccccc1. The second-order valence-corrected chi connectivity index (χ2v) is 7.70. The lowest BCUT2D eigenvalue weighted by atomic mass is 9.93. The summed E-state index contributed by atoms with van der Waals surface area (Å²) in [7, 11) is 0. The largest absolute Gasteiger partial charge is 0.349 e. The van der Waals surface area contributed by atoms with Crippen molar-refractivity contribution in [1.82, 2.24) is 10.2 Å². The van der Waals surface area contributed by atoms with E-state index in [-0.39, 0.29) is 29.7 Å². The fourth-order valence-electron chi connectivity index (χ4n) is 3.88. The number of likely N-dealkylation sites (tertiary alicyclic amines) is 1. The van der Waals surface area contributed by atoms with Crippen LogP contribution in [0.2, 0.25) is 0 Å². The number of rotatable bonds is 6. The molecule has 1 atom stereocenters. The summed E-state index contributed by atoms with van der Waals surface area (Å²) in [4.78, 5) is 38.5. The number of benzene rings is 2. The standard InChI is InChI=1S/C24H29N3O3/c1-3-22(18-7-5-4-6-8-18)24(30)27-15-13-21(14-16-27)26-23(29)19-9-11-20(12-10-19)25-17(2)28/h4-12,21-22H,3,13-16H2,1-2H3,(H,25,28)(H,26,29)/t22-/m1/s1. The second-order valence-electron chi connectivity index (χ2n) is 7.70. The Morgan fingerprint density at radius 1 is 1.00 bits per heavy atom. The maximum Gasteiger partial charge on any atom is 0.251 e. The number of carbonyl (C=O) groups excluding carboxylic acids is 3. The molecule has 0 unspecified atom stereocenters. The number of hydrogen-bond acceptors (Lipinski definition) is 3. The molecule has 158 valence electrons. The predicted octanol–water partition coefficient (Wildman–Crippen LogP) is 3.56. The Morgan fingerprint density at radius 3 is 2.20 bits per heavy atom. The zero-order chi connectivity index (χ0) is 21.5. The van der Waals surface area contributed by atoms with Crippen LogP contribution in [0.25, 0.3) is 0 Å². The summed E-state index contributed by atoms with van der Waals surface area (Å²) in [5, 5.41) is 5.75. The van der Waals surface area contributed by atoms with Crippen LogP contribution in [0.15, 0.2) is 54.6 Å². The van der Waals surface area contributed by atoms with E-state index in [1.54, 1.807) is 24.3 Å². The van der Waals surface area contributed by atoms with Gasteiger partial charge in [0.05, 0.1) is 5.92 Å². The molecule has 0 aliphatic carbocycles. The molecule has 1 aliphatic heterocycles. The minimum Gasteiger partial charge on any atom is -0.349 e. The van der Waals surface area contributed by atoms with E-state index in [9.17, 15) is 14.4 Å². The van der Waals surface area contributed by atoms with Gasteiger partial charge in [-0.3, -0.25) is 14.4 Å². The van der Waals surface area contributed by atoms with Crippen molar-refractivity contribution in [1.29, 1.82) is 0 Å². The van der Waals surface area contributed by atoms with Crippen LogP contribution in [0, 0.1) is 0 Å². The van der Waals surface area contributed by atoms with E-state index in [1.807, 2.05) is 42.2 Å². The van der Waals surface area contributed by atoms with E-state index in [0.29, 0.717) is 24.3 Å². The van der Waals surface area contributed by atoms with Crippen molar-refractivity contribution in [3.8, 4) is 0 Å². The van der Waals surface area contributed by atoms with E-state index in [4.69, 9.17) is 0 Å². The van der Waals surface area contributed by atoms with Crippen LogP contribution in [0.5, 0.6) is 0 Å². The molecule has 0 saturated carbocycles. The highest BCUT2D eigenvalue weighted by molar-refractivity contribution is 5.95. The first-order chi connectivity index (χ1) is 14.5. The molecule has 2 aromatic carbocycles. The second kappa shape index (κ2) is 10.1. The van der Waals surface area contributed by atoms with Gasteiger partial charge in [0.25, 0.3) is 5.91 Å². The number of anilines is 1. The number of nitrogens with zero attached hydrogens (tertiary/aromatic N) is 1. The Balaban J connectivity index is 1.52. The third-order valence-corrected chi connectivity index (χ3v) is 5.52. The van der Waals surface area contributed by atoms with E-state index in [0.717, 1.165) is 24.8 Å². The molecule has 6 nitrogen and oxygen atoms in total. The fraction of sp³-hybridized carbons (Fsp3) is 0.375. The summed E-state index contributed by atoms with van der Waals surface area (Å²) < 4.78 is 0. The number of piperidine rings is 1. The minimum absolute atomic E-state index is 0.0494. The van der Waals surface area contributed by atoms with Crippen LogP contribution in [-0.2, 0) is 9.59 Å². The number of carbonyl (C=O) groups is 3. The Labute approximate surface area is 177 Å². The summed E-state index contributed by atoms with van der Waals surface area (Å²) in [5.41, 5.74) is 2.27. The molecular formula is C24H29N3O3. The lowest BCUT2D eigenvalue weighted by Crippen LogP contribution is -2.47. The van der Waals surface area contributed by atoms with Gasteiger partial charge in [-0.15, -0.1) is 0 Å². The molecule has 3 rings (SSSR count). The number of nitrogens with one attached hydrogen (secondary N) is 2. The molecule has 2 aromatic rings. The van der Waals surface area contributed by atoms with Gasteiger partial charge in [0.2, 0.25) is 11.8 Å². The highest BCUT2D eigenvalue weighted by Gasteiger charge is 2.28. The minimum atomic E-state index is -0.147. The average Bonchev–Trinajstić information content (AvgIpc) is 2.75. The van der Waals surface area contributed by atoms with Gasteiger partial charge in [0, 0.05) is 37.3 Å². The maximum atomic E-state index is 13.0. The number of hydrogen-bond donors (Lipinski definition) is 2. The first-order valence-corrected chi connectivity index (χ1v) is 10.5. The Bertz CT molecular complexity index is 872. The van der Waals surface area contributed by atoms with E-state index in [2.05, 4.69) is 10.6 Å². The Hall–Kier alpha value is -3.15. The van der Waals surface area contributed by atoms with Crippen molar-refractivity contribution in [3.05, 3.63) is 65.7 Å². The summed E-state index contributed by atoms with van der Waals surface area (Å²) in [6, 6.07) is 16.8. The van der Waals surface area contributed by atoms with Crippen molar-refractivity contribution in [2.45, 2.75) is 45.1 Å². The predicted molar refractivity (Wildman–Crippen MR) is 117 cm³/mol. The van der Waals surface area contributed by atoms with Crippen LogP contribution in [0.1, 0.15) is 54.9 Å². The van der Waals surface area contributed by atoms with Crippen molar-refractivity contribution in [2.75, 3.05) is 18.4 Å². The van der Waals surface area contributed by atoms with Crippen LogP contribution in [0.3, 0.4) is 0 Å². The van der Waals surface area contributed by atoms with Gasteiger partial charge in [-0.25, -0.2) is 0 Å². The zero-order valence-corrected chi connectivity index (χ0v) is 17.6. The lowest BCUT2D eigenvalue weighted by Gasteiger charge is -2.34. The highest BCUT2D eigenvalue weighted by Crippen LogP contribution is 2.24. The first kappa shape index (κ1) is 21.6. The number of amides is 3. The third-order valence-electron chi connectivity index (χ3n) is 5.52. The molecular weight excluding hydrogens is 378 g/mol. The monoisotopic (exact) mass is 407 g/mol. The van der Waals surface area contributed by atoms with Gasteiger partial charge in [0.15, 0.2) is 0 Å².